The highest BCUT2D eigenvalue weighted by atomic mass is 16.3. The third kappa shape index (κ3) is 2.43. The Morgan fingerprint density at radius 2 is 1.64 bits per heavy atom. The van der Waals surface area contributed by atoms with Crippen molar-refractivity contribution >= 4 is 0 Å². The van der Waals surface area contributed by atoms with Gasteiger partial charge >= 0.3 is 0 Å². The summed E-state index contributed by atoms with van der Waals surface area (Å²) in [5.74, 6) is 0. The minimum Gasteiger partial charge on any atom is -0.392 e. The first kappa shape index (κ1) is 10.9. The second kappa shape index (κ2) is 4.70. The fraction of sp³-hybridized carbons (Fsp3) is 1.00. The van der Waals surface area contributed by atoms with Crippen molar-refractivity contribution in [3.63, 3.8) is 0 Å². The molecule has 0 aliphatic rings. The predicted octanol–water partition coefficient (Wildman–Crippen LogP) is 0.419. The van der Waals surface area contributed by atoms with Gasteiger partial charge in [-0.05, 0) is 19.5 Å². The van der Waals surface area contributed by atoms with Gasteiger partial charge in [-0.25, -0.2) is 0 Å². The topological polar surface area (TPSA) is 43.7 Å². The maximum Gasteiger partial charge on any atom is 0.141 e. The molecule has 11 heavy (non-hydrogen) atoms. The molecular weight excluding hydrogens is 142 g/mol. The minimum absolute atomic E-state index is 0.189. The highest BCUT2D eigenvalue weighted by Crippen LogP contribution is 2.14. The highest BCUT2D eigenvalue weighted by molar-refractivity contribution is 4.75. The van der Waals surface area contributed by atoms with E-state index in [1.165, 1.54) is 0 Å². The average Bonchev–Trinajstić information content (AvgIpc) is 2.06. The zero-order valence-corrected chi connectivity index (χ0v) is 7.67. The third-order valence-corrected chi connectivity index (χ3v) is 2.17. The molecular formula is C8H19NO2. The van der Waals surface area contributed by atoms with E-state index in [-0.39, 0.29) is 6.61 Å². The molecule has 0 saturated heterocycles. The molecule has 0 spiro atoms. The van der Waals surface area contributed by atoms with Crippen LogP contribution in [0.4, 0.5) is 0 Å². The molecule has 0 amide bonds. The Kier molecular flexibility index (Phi) is 4.65. The van der Waals surface area contributed by atoms with E-state index in [0.29, 0.717) is 6.42 Å². The molecule has 0 heterocycles. The molecule has 0 rings (SSSR count). The van der Waals surface area contributed by atoms with Gasteiger partial charge in [-0.1, -0.05) is 20.8 Å². The zero-order valence-electron chi connectivity index (χ0n) is 7.67. The van der Waals surface area contributed by atoms with Gasteiger partial charge < -0.3 is 10.2 Å². The quantitative estimate of drug-likeness (QED) is 0.574. The Labute approximate surface area is 68.6 Å². The first-order valence-electron chi connectivity index (χ1n) is 4.22. The second-order valence-corrected chi connectivity index (χ2v) is 2.67. The molecule has 0 aliphatic heterocycles. The Balaban J connectivity index is 4.19. The van der Waals surface area contributed by atoms with Crippen LogP contribution in [0.1, 0.15) is 27.2 Å². The fourth-order valence-electron chi connectivity index (χ4n) is 1.25. The highest BCUT2D eigenvalue weighted by Gasteiger charge is 2.29. The van der Waals surface area contributed by atoms with Crippen LogP contribution in [0.2, 0.25) is 0 Å². The molecule has 1 atom stereocenters. The largest absolute Gasteiger partial charge is 0.392 e. The molecule has 1 unspecified atom stereocenters. The van der Waals surface area contributed by atoms with Gasteiger partial charge in [-0.15, -0.1) is 0 Å². The van der Waals surface area contributed by atoms with Crippen molar-refractivity contribution in [3.8, 4) is 0 Å². The average molecular weight is 161 g/mol. The van der Waals surface area contributed by atoms with E-state index >= 15 is 0 Å². The molecule has 3 nitrogen and oxygen atoms in total. The van der Waals surface area contributed by atoms with Crippen molar-refractivity contribution in [1.82, 2.24) is 4.90 Å². The van der Waals surface area contributed by atoms with Crippen LogP contribution in [-0.4, -0.2) is 40.5 Å². The maximum atomic E-state index is 9.76. The normalized spacial score (nSPS) is 16.9. The van der Waals surface area contributed by atoms with Crippen LogP contribution in [0, 0.1) is 0 Å². The van der Waals surface area contributed by atoms with Gasteiger partial charge in [0, 0.05) is 0 Å². The van der Waals surface area contributed by atoms with Gasteiger partial charge in [0.15, 0.2) is 0 Å². The summed E-state index contributed by atoms with van der Waals surface area (Å²) < 4.78 is 0. The first-order chi connectivity index (χ1) is 5.14. The molecule has 0 aromatic carbocycles. The monoisotopic (exact) mass is 161 g/mol. The number of hydrogen-bond acceptors (Lipinski definition) is 3. The van der Waals surface area contributed by atoms with Gasteiger partial charge in [0.05, 0.1) is 6.61 Å². The van der Waals surface area contributed by atoms with Crippen molar-refractivity contribution in [2.75, 3.05) is 19.7 Å². The molecule has 0 aromatic rings. The molecule has 2 N–H and O–H groups in total. The van der Waals surface area contributed by atoms with Crippen molar-refractivity contribution in [2.24, 2.45) is 0 Å². The van der Waals surface area contributed by atoms with Gasteiger partial charge in [0.2, 0.25) is 0 Å². The van der Waals surface area contributed by atoms with Crippen LogP contribution >= 0.6 is 0 Å². The summed E-state index contributed by atoms with van der Waals surface area (Å²) in [5, 5.41) is 18.7. The lowest BCUT2D eigenvalue weighted by Gasteiger charge is -2.36. The molecule has 0 fully saturated rings. The lowest BCUT2D eigenvalue weighted by Crippen LogP contribution is -2.51. The fourth-order valence-corrected chi connectivity index (χ4v) is 1.25. The number of likely N-dealkylation sites (N-methyl/N-ethyl adjacent to an activating group) is 1. The van der Waals surface area contributed by atoms with Crippen molar-refractivity contribution in [1.29, 1.82) is 0 Å². The van der Waals surface area contributed by atoms with Crippen LogP contribution in [0.15, 0.2) is 0 Å². The summed E-state index contributed by atoms with van der Waals surface area (Å²) in [6, 6.07) is 0. The van der Waals surface area contributed by atoms with Gasteiger partial charge in [-0.3, -0.25) is 4.90 Å². The number of hydrogen-bond donors (Lipinski definition) is 2. The van der Waals surface area contributed by atoms with Crippen LogP contribution in [-0.2, 0) is 0 Å². The van der Waals surface area contributed by atoms with Crippen LogP contribution in [0.3, 0.4) is 0 Å². The molecule has 0 aromatic heterocycles. The molecule has 0 aliphatic carbocycles. The third-order valence-electron chi connectivity index (χ3n) is 2.17. The Morgan fingerprint density at radius 1 is 1.18 bits per heavy atom. The van der Waals surface area contributed by atoms with E-state index < -0.39 is 5.72 Å². The van der Waals surface area contributed by atoms with Crippen LogP contribution in [0.5, 0.6) is 0 Å². The van der Waals surface area contributed by atoms with Crippen LogP contribution in [0.25, 0.3) is 0 Å². The van der Waals surface area contributed by atoms with E-state index in [0.717, 1.165) is 13.1 Å². The SMILES string of the molecule is CCN(CC)C(O)(CC)CO. The van der Waals surface area contributed by atoms with Gasteiger partial charge in [0.25, 0.3) is 0 Å². The van der Waals surface area contributed by atoms with E-state index in [1.807, 2.05) is 25.7 Å². The minimum atomic E-state index is -1.01. The second-order valence-electron chi connectivity index (χ2n) is 2.67. The summed E-state index contributed by atoms with van der Waals surface area (Å²) >= 11 is 0. The summed E-state index contributed by atoms with van der Waals surface area (Å²) in [5.41, 5.74) is -1.01. The number of aliphatic hydroxyl groups is 2. The maximum absolute atomic E-state index is 9.76. The van der Waals surface area contributed by atoms with E-state index in [4.69, 9.17) is 5.11 Å². The van der Waals surface area contributed by atoms with E-state index in [9.17, 15) is 5.11 Å². The van der Waals surface area contributed by atoms with E-state index in [2.05, 4.69) is 0 Å². The molecule has 3 heteroatoms. The summed E-state index contributed by atoms with van der Waals surface area (Å²) in [7, 11) is 0. The molecule has 68 valence electrons. The van der Waals surface area contributed by atoms with Crippen LogP contribution < -0.4 is 0 Å². The summed E-state index contributed by atoms with van der Waals surface area (Å²) in [6.07, 6.45) is 0.561. The standard InChI is InChI=1S/C8H19NO2/c1-4-8(11,7-10)9(5-2)6-3/h10-11H,4-7H2,1-3H3. The number of nitrogens with zero attached hydrogens (tertiary/aromatic N) is 1. The van der Waals surface area contributed by atoms with Crippen molar-refractivity contribution in [2.45, 2.75) is 32.9 Å². The van der Waals surface area contributed by atoms with Crippen molar-refractivity contribution < 1.29 is 10.2 Å². The Morgan fingerprint density at radius 3 is 1.73 bits per heavy atom. The number of aliphatic hydroxyl groups excluding tert-OH is 1. The smallest absolute Gasteiger partial charge is 0.141 e. The van der Waals surface area contributed by atoms with Gasteiger partial charge in [0.1, 0.15) is 5.72 Å². The zero-order chi connectivity index (χ0) is 8.91. The summed E-state index contributed by atoms with van der Waals surface area (Å²) in [4.78, 5) is 1.85. The predicted molar refractivity (Wildman–Crippen MR) is 45.2 cm³/mol. The molecule has 0 saturated carbocycles. The summed E-state index contributed by atoms with van der Waals surface area (Å²) in [6.45, 7) is 7.15. The molecule has 0 bridgehead atoms. The van der Waals surface area contributed by atoms with Gasteiger partial charge in [-0.2, -0.15) is 0 Å². The Hall–Kier alpha value is -0.120. The van der Waals surface area contributed by atoms with E-state index in [1.54, 1.807) is 0 Å². The first-order valence-corrected chi connectivity index (χ1v) is 4.22. The lowest BCUT2D eigenvalue weighted by molar-refractivity contribution is -0.137. The lowest BCUT2D eigenvalue weighted by atomic mass is 10.1. The van der Waals surface area contributed by atoms with Crippen molar-refractivity contribution in [3.05, 3.63) is 0 Å². The molecule has 0 radical (unpaired) electrons. The Bertz CT molecular complexity index is 98.3. The number of rotatable bonds is 5.